The van der Waals surface area contributed by atoms with Crippen LogP contribution in [-0.4, -0.2) is 28.1 Å². The number of thiophene rings is 1. The van der Waals surface area contributed by atoms with Gasteiger partial charge in [0.1, 0.15) is 11.9 Å². The van der Waals surface area contributed by atoms with Crippen molar-refractivity contribution >= 4 is 17.2 Å². The Bertz CT molecular complexity index is 623. The zero-order valence-corrected chi connectivity index (χ0v) is 13.7. The third-order valence-electron chi connectivity index (χ3n) is 4.07. The SMILES string of the molecule is CC(Cc1cccs1)C(=O)N[C@H]1CCO[C@@H]1c1nccn1C. The first-order chi connectivity index (χ1) is 10.6. The van der Waals surface area contributed by atoms with Gasteiger partial charge >= 0.3 is 0 Å². The van der Waals surface area contributed by atoms with Crippen molar-refractivity contribution in [3.05, 3.63) is 40.6 Å². The number of carbonyl (C=O) groups excluding carboxylic acids is 1. The van der Waals surface area contributed by atoms with Crippen molar-refractivity contribution in [1.82, 2.24) is 14.9 Å². The van der Waals surface area contributed by atoms with Crippen LogP contribution in [0.3, 0.4) is 0 Å². The molecule has 1 N–H and O–H groups in total. The van der Waals surface area contributed by atoms with Gasteiger partial charge in [-0.1, -0.05) is 13.0 Å². The minimum absolute atomic E-state index is 0.000569. The van der Waals surface area contributed by atoms with Gasteiger partial charge in [0.05, 0.1) is 6.04 Å². The van der Waals surface area contributed by atoms with Gasteiger partial charge in [0.15, 0.2) is 0 Å². The van der Waals surface area contributed by atoms with Gasteiger partial charge in [-0.05, 0) is 24.3 Å². The molecule has 1 unspecified atom stereocenters. The molecule has 0 aliphatic carbocycles. The van der Waals surface area contributed by atoms with Crippen molar-refractivity contribution in [2.75, 3.05) is 6.61 Å². The molecule has 1 fully saturated rings. The molecule has 1 aliphatic rings. The summed E-state index contributed by atoms with van der Waals surface area (Å²) in [6.45, 7) is 2.63. The number of amides is 1. The summed E-state index contributed by atoms with van der Waals surface area (Å²) in [4.78, 5) is 18.0. The third-order valence-corrected chi connectivity index (χ3v) is 4.97. The Hall–Kier alpha value is -1.66. The lowest BCUT2D eigenvalue weighted by molar-refractivity contribution is -0.125. The summed E-state index contributed by atoms with van der Waals surface area (Å²) < 4.78 is 7.73. The lowest BCUT2D eigenvalue weighted by Gasteiger charge is -2.21. The summed E-state index contributed by atoms with van der Waals surface area (Å²) in [5.41, 5.74) is 0. The Kier molecular flexibility index (Phi) is 4.59. The van der Waals surface area contributed by atoms with Crippen LogP contribution in [0, 0.1) is 5.92 Å². The number of aromatic nitrogens is 2. The molecule has 2 aromatic rings. The number of hydrogen-bond donors (Lipinski definition) is 1. The summed E-state index contributed by atoms with van der Waals surface area (Å²) in [7, 11) is 1.95. The number of imidazole rings is 1. The zero-order valence-electron chi connectivity index (χ0n) is 12.9. The zero-order chi connectivity index (χ0) is 15.5. The van der Waals surface area contributed by atoms with Crippen molar-refractivity contribution in [3.63, 3.8) is 0 Å². The van der Waals surface area contributed by atoms with Crippen molar-refractivity contribution in [1.29, 1.82) is 0 Å². The minimum atomic E-state index is -0.155. The van der Waals surface area contributed by atoms with Gasteiger partial charge in [-0.2, -0.15) is 0 Å². The van der Waals surface area contributed by atoms with Crippen molar-refractivity contribution in [2.24, 2.45) is 13.0 Å². The van der Waals surface area contributed by atoms with Gasteiger partial charge in [0, 0.05) is 36.8 Å². The highest BCUT2D eigenvalue weighted by molar-refractivity contribution is 7.09. The molecule has 5 nitrogen and oxygen atoms in total. The maximum atomic E-state index is 12.4. The van der Waals surface area contributed by atoms with Gasteiger partial charge in [-0.25, -0.2) is 4.98 Å². The molecular weight excluding hydrogens is 298 g/mol. The van der Waals surface area contributed by atoms with Gasteiger partial charge in [0.25, 0.3) is 0 Å². The quantitative estimate of drug-likeness (QED) is 0.920. The van der Waals surface area contributed by atoms with Gasteiger partial charge in [0.2, 0.25) is 5.91 Å². The second-order valence-corrected chi connectivity index (χ2v) is 6.81. The van der Waals surface area contributed by atoms with Crippen molar-refractivity contribution in [3.8, 4) is 0 Å². The first-order valence-corrected chi connectivity index (χ1v) is 8.44. The van der Waals surface area contributed by atoms with Gasteiger partial charge < -0.3 is 14.6 Å². The number of nitrogens with one attached hydrogen (secondary N) is 1. The van der Waals surface area contributed by atoms with E-state index < -0.39 is 0 Å². The molecule has 0 radical (unpaired) electrons. The number of nitrogens with zero attached hydrogens (tertiary/aromatic N) is 2. The average molecular weight is 319 g/mol. The Morgan fingerprint density at radius 1 is 1.64 bits per heavy atom. The lowest BCUT2D eigenvalue weighted by Crippen LogP contribution is -2.40. The highest BCUT2D eigenvalue weighted by atomic mass is 32.1. The molecule has 3 heterocycles. The monoisotopic (exact) mass is 319 g/mol. The molecule has 0 aromatic carbocycles. The number of rotatable bonds is 5. The molecule has 22 heavy (non-hydrogen) atoms. The maximum Gasteiger partial charge on any atom is 0.223 e. The van der Waals surface area contributed by atoms with Crippen LogP contribution in [0.1, 0.15) is 30.2 Å². The van der Waals surface area contributed by atoms with E-state index in [0.29, 0.717) is 6.61 Å². The predicted octanol–water partition coefficient (Wildman–Crippen LogP) is 2.31. The molecule has 0 spiro atoms. The summed E-state index contributed by atoms with van der Waals surface area (Å²) in [6, 6.07) is 4.09. The number of ether oxygens (including phenoxy) is 1. The fourth-order valence-electron chi connectivity index (χ4n) is 2.79. The fraction of sp³-hybridized carbons (Fsp3) is 0.500. The Balaban J connectivity index is 1.61. The predicted molar refractivity (Wildman–Crippen MR) is 85.6 cm³/mol. The molecule has 0 bridgehead atoms. The molecule has 118 valence electrons. The van der Waals surface area contributed by atoms with Crippen molar-refractivity contribution < 1.29 is 9.53 Å². The molecule has 2 aromatic heterocycles. The summed E-state index contributed by atoms with van der Waals surface area (Å²) >= 11 is 1.69. The van der Waals surface area contributed by atoms with Crippen LogP contribution >= 0.6 is 11.3 Å². The van der Waals surface area contributed by atoms with Crippen LogP contribution in [0.5, 0.6) is 0 Å². The third kappa shape index (κ3) is 3.23. The molecule has 1 saturated heterocycles. The Labute approximate surface area is 134 Å². The lowest BCUT2D eigenvalue weighted by atomic mass is 10.0. The van der Waals surface area contributed by atoms with E-state index in [4.69, 9.17) is 4.74 Å². The average Bonchev–Trinajstić information content (AvgIpc) is 3.21. The molecule has 3 rings (SSSR count). The van der Waals surface area contributed by atoms with Gasteiger partial charge in [-0.15, -0.1) is 11.3 Å². The number of aryl methyl sites for hydroxylation is 1. The Morgan fingerprint density at radius 3 is 3.18 bits per heavy atom. The first kappa shape index (κ1) is 15.2. The van der Waals surface area contributed by atoms with Crippen LogP contribution in [-0.2, 0) is 23.0 Å². The van der Waals surface area contributed by atoms with E-state index in [1.54, 1.807) is 17.5 Å². The maximum absolute atomic E-state index is 12.4. The minimum Gasteiger partial charge on any atom is -0.368 e. The normalized spacial score (nSPS) is 22.6. The molecule has 1 aliphatic heterocycles. The second-order valence-electron chi connectivity index (χ2n) is 5.78. The van der Waals surface area contributed by atoms with E-state index in [-0.39, 0.29) is 24.0 Å². The fourth-order valence-corrected chi connectivity index (χ4v) is 3.63. The van der Waals surface area contributed by atoms with E-state index in [2.05, 4.69) is 16.4 Å². The van der Waals surface area contributed by atoms with E-state index in [1.807, 2.05) is 36.2 Å². The van der Waals surface area contributed by atoms with Crippen LogP contribution in [0.15, 0.2) is 29.9 Å². The summed E-state index contributed by atoms with van der Waals surface area (Å²) in [5, 5.41) is 5.19. The number of hydrogen-bond acceptors (Lipinski definition) is 4. The highest BCUT2D eigenvalue weighted by Gasteiger charge is 2.34. The van der Waals surface area contributed by atoms with E-state index >= 15 is 0 Å². The summed E-state index contributed by atoms with van der Waals surface area (Å²) in [5.74, 6) is 0.915. The van der Waals surface area contributed by atoms with Crippen LogP contribution in [0.4, 0.5) is 0 Å². The molecule has 1 amide bonds. The molecule has 6 heteroatoms. The Morgan fingerprint density at radius 2 is 2.50 bits per heavy atom. The molecule has 0 saturated carbocycles. The van der Waals surface area contributed by atoms with Crippen molar-refractivity contribution in [2.45, 2.75) is 31.9 Å². The molecular formula is C16H21N3O2S. The molecule has 3 atom stereocenters. The smallest absolute Gasteiger partial charge is 0.223 e. The van der Waals surface area contributed by atoms with E-state index in [1.165, 1.54) is 4.88 Å². The summed E-state index contributed by atoms with van der Waals surface area (Å²) in [6.07, 6.45) is 5.11. The topological polar surface area (TPSA) is 56.1 Å². The first-order valence-electron chi connectivity index (χ1n) is 7.56. The van der Waals surface area contributed by atoms with E-state index in [9.17, 15) is 4.79 Å². The standard InChI is InChI=1S/C16H21N3O2S/c1-11(10-12-4-3-9-22-12)16(20)18-13-5-8-21-14(13)15-17-6-7-19(15)2/h3-4,6-7,9,11,13-14H,5,8,10H2,1-2H3,(H,18,20)/t11?,13-,14-/m0/s1. The van der Waals surface area contributed by atoms with Crippen LogP contribution in [0.2, 0.25) is 0 Å². The van der Waals surface area contributed by atoms with Crippen LogP contribution < -0.4 is 5.32 Å². The largest absolute Gasteiger partial charge is 0.368 e. The number of carbonyl (C=O) groups is 1. The van der Waals surface area contributed by atoms with Gasteiger partial charge in [-0.3, -0.25) is 4.79 Å². The van der Waals surface area contributed by atoms with Crippen LogP contribution in [0.25, 0.3) is 0 Å². The van der Waals surface area contributed by atoms with E-state index in [0.717, 1.165) is 18.7 Å². The second kappa shape index (κ2) is 6.62. The highest BCUT2D eigenvalue weighted by Crippen LogP contribution is 2.28.